The Morgan fingerprint density at radius 2 is 2.00 bits per heavy atom. The molecule has 1 aromatic carbocycles. The van der Waals surface area contributed by atoms with E-state index in [0.717, 1.165) is 13.0 Å². The molecule has 2 heterocycles. The molecule has 0 amide bonds. The topological polar surface area (TPSA) is 15.3 Å². The molecular formula is C17H26N2. The Morgan fingerprint density at radius 1 is 1.26 bits per heavy atom. The summed E-state index contributed by atoms with van der Waals surface area (Å²) < 4.78 is 0. The molecule has 0 saturated carbocycles. The molecule has 0 aromatic heterocycles. The van der Waals surface area contributed by atoms with Gasteiger partial charge in [-0.2, -0.15) is 0 Å². The van der Waals surface area contributed by atoms with Crippen LogP contribution in [0.1, 0.15) is 43.4 Å². The zero-order valence-corrected chi connectivity index (χ0v) is 12.5. The first-order valence-corrected chi connectivity index (χ1v) is 7.67. The van der Waals surface area contributed by atoms with Crippen LogP contribution in [0.5, 0.6) is 0 Å². The molecule has 0 radical (unpaired) electrons. The summed E-state index contributed by atoms with van der Waals surface area (Å²) in [6.07, 6.45) is 1.15. The lowest BCUT2D eigenvalue weighted by Crippen LogP contribution is -2.70. The van der Waals surface area contributed by atoms with E-state index in [0.29, 0.717) is 11.3 Å². The van der Waals surface area contributed by atoms with Crippen molar-refractivity contribution in [1.29, 1.82) is 0 Å². The van der Waals surface area contributed by atoms with Crippen LogP contribution in [0.15, 0.2) is 18.2 Å². The van der Waals surface area contributed by atoms with Gasteiger partial charge in [-0.3, -0.25) is 4.90 Å². The standard InChI is InChI=1S/C17H26N2/c1-4-15-7-14(5-6-16(15)13(2)3)8-19-11-17(12-19)9-18-10-17/h5-7,13,18H,4,8-12H2,1-3H3. The molecule has 0 bridgehead atoms. The van der Waals surface area contributed by atoms with Gasteiger partial charge in [-0.1, -0.05) is 39.0 Å². The minimum Gasteiger partial charge on any atom is -0.315 e. The van der Waals surface area contributed by atoms with Crippen molar-refractivity contribution in [2.24, 2.45) is 5.41 Å². The van der Waals surface area contributed by atoms with Gasteiger partial charge in [-0.25, -0.2) is 0 Å². The van der Waals surface area contributed by atoms with Gasteiger partial charge in [0.2, 0.25) is 0 Å². The minimum atomic E-state index is 0.636. The highest BCUT2D eigenvalue weighted by Crippen LogP contribution is 2.35. The molecule has 2 aliphatic rings. The fraction of sp³-hybridized carbons (Fsp3) is 0.647. The molecule has 2 saturated heterocycles. The summed E-state index contributed by atoms with van der Waals surface area (Å²) >= 11 is 0. The zero-order valence-electron chi connectivity index (χ0n) is 12.5. The summed E-state index contributed by atoms with van der Waals surface area (Å²) in [4.78, 5) is 2.59. The molecule has 1 aromatic rings. The van der Waals surface area contributed by atoms with Gasteiger partial charge < -0.3 is 5.32 Å². The van der Waals surface area contributed by atoms with E-state index in [-0.39, 0.29) is 0 Å². The third-order valence-electron chi connectivity index (χ3n) is 4.73. The Hall–Kier alpha value is -0.860. The predicted octanol–water partition coefficient (Wildman–Crippen LogP) is 2.78. The van der Waals surface area contributed by atoms with E-state index < -0.39 is 0 Å². The summed E-state index contributed by atoms with van der Waals surface area (Å²) in [5, 5.41) is 3.40. The van der Waals surface area contributed by atoms with Gasteiger partial charge in [0.1, 0.15) is 0 Å². The molecule has 1 N–H and O–H groups in total. The molecule has 1 spiro atoms. The van der Waals surface area contributed by atoms with Crippen molar-refractivity contribution in [1.82, 2.24) is 10.2 Å². The highest BCUT2D eigenvalue weighted by molar-refractivity contribution is 5.34. The number of nitrogens with one attached hydrogen (secondary N) is 1. The minimum absolute atomic E-state index is 0.636. The lowest BCUT2D eigenvalue weighted by atomic mass is 9.74. The van der Waals surface area contributed by atoms with Gasteiger partial charge in [-0.05, 0) is 29.0 Å². The summed E-state index contributed by atoms with van der Waals surface area (Å²) in [5.41, 5.74) is 5.19. The van der Waals surface area contributed by atoms with Crippen LogP contribution in [0, 0.1) is 5.41 Å². The number of nitrogens with zero attached hydrogens (tertiary/aromatic N) is 1. The predicted molar refractivity (Wildman–Crippen MR) is 80.5 cm³/mol. The van der Waals surface area contributed by atoms with Gasteiger partial charge in [0, 0.05) is 38.1 Å². The van der Waals surface area contributed by atoms with E-state index in [1.165, 1.54) is 42.9 Å². The molecule has 2 fully saturated rings. The molecule has 0 unspecified atom stereocenters. The molecule has 0 atom stereocenters. The van der Waals surface area contributed by atoms with Crippen molar-refractivity contribution >= 4 is 0 Å². The van der Waals surface area contributed by atoms with E-state index in [4.69, 9.17) is 0 Å². The molecule has 0 aliphatic carbocycles. The van der Waals surface area contributed by atoms with Crippen LogP contribution < -0.4 is 5.32 Å². The average molecular weight is 258 g/mol. The monoisotopic (exact) mass is 258 g/mol. The van der Waals surface area contributed by atoms with E-state index >= 15 is 0 Å². The molecule has 2 heteroatoms. The van der Waals surface area contributed by atoms with Crippen molar-refractivity contribution in [2.45, 2.75) is 39.7 Å². The molecule has 19 heavy (non-hydrogen) atoms. The van der Waals surface area contributed by atoms with Crippen molar-refractivity contribution in [3.63, 3.8) is 0 Å². The third kappa shape index (κ3) is 2.44. The quantitative estimate of drug-likeness (QED) is 0.893. The van der Waals surface area contributed by atoms with Crippen LogP contribution in [0.2, 0.25) is 0 Å². The first-order valence-electron chi connectivity index (χ1n) is 7.67. The Kier molecular flexibility index (Phi) is 3.40. The maximum atomic E-state index is 3.40. The first-order chi connectivity index (χ1) is 9.12. The number of aryl methyl sites for hydroxylation is 1. The van der Waals surface area contributed by atoms with Crippen LogP contribution in [0.4, 0.5) is 0 Å². The van der Waals surface area contributed by atoms with Crippen molar-refractivity contribution < 1.29 is 0 Å². The second-order valence-corrected chi connectivity index (χ2v) is 6.79. The summed E-state index contributed by atoms with van der Waals surface area (Å²) in [6, 6.07) is 7.11. The smallest absolute Gasteiger partial charge is 0.0234 e. The van der Waals surface area contributed by atoms with Gasteiger partial charge >= 0.3 is 0 Å². The van der Waals surface area contributed by atoms with Gasteiger partial charge in [-0.15, -0.1) is 0 Å². The Morgan fingerprint density at radius 3 is 2.53 bits per heavy atom. The average Bonchev–Trinajstić information content (AvgIpc) is 2.30. The largest absolute Gasteiger partial charge is 0.315 e. The summed E-state index contributed by atoms with van der Waals surface area (Å²) in [7, 11) is 0. The van der Waals surface area contributed by atoms with Crippen molar-refractivity contribution in [3.05, 3.63) is 34.9 Å². The molecule has 2 nitrogen and oxygen atoms in total. The molecule has 104 valence electrons. The fourth-order valence-electron chi connectivity index (χ4n) is 3.60. The Bertz CT molecular complexity index is 452. The van der Waals surface area contributed by atoms with Gasteiger partial charge in [0.15, 0.2) is 0 Å². The van der Waals surface area contributed by atoms with Crippen LogP contribution in [-0.2, 0) is 13.0 Å². The van der Waals surface area contributed by atoms with Gasteiger partial charge in [0.05, 0.1) is 0 Å². The summed E-state index contributed by atoms with van der Waals surface area (Å²) in [6.45, 7) is 13.0. The van der Waals surface area contributed by atoms with Crippen molar-refractivity contribution in [3.8, 4) is 0 Å². The number of rotatable bonds is 4. The van der Waals surface area contributed by atoms with E-state index in [9.17, 15) is 0 Å². The second-order valence-electron chi connectivity index (χ2n) is 6.79. The fourth-order valence-corrected chi connectivity index (χ4v) is 3.60. The Labute approximate surface area is 117 Å². The number of benzene rings is 1. The van der Waals surface area contributed by atoms with Crippen molar-refractivity contribution in [2.75, 3.05) is 26.2 Å². The van der Waals surface area contributed by atoms with Crippen LogP contribution in [0.3, 0.4) is 0 Å². The Balaban J connectivity index is 1.65. The molecular weight excluding hydrogens is 232 g/mol. The molecule has 3 rings (SSSR count). The number of likely N-dealkylation sites (tertiary alicyclic amines) is 1. The normalized spacial score (nSPS) is 21.5. The SMILES string of the molecule is CCc1cc(CN2CC3(CNC3)C2)ccc1C(C)C. The zero-order chi connectivity index (χ0) is 13.5. The van der Waals surface area contributed by atoms with Crippen LogP contribution in [-0.4, -0.2) is 31.1 Å². The highest BCUT2D eigenvalue weighted by Gasteiger charge is 2.47. The third-order valence-corrected chi connectivity index (χ3v) is 4.73. The van der Waals surface area contributed by atoms with Crippen LogP contribution >= 0.6 is 0 Å². The lowest BCUT2D eigenvalue weighted by Gasteiger charge is -2.56. The van der Waals surface area contributed by atoms with E-state index in [2.05, 4.69) is 49.2 Å². The van der Waals surface area contributed by atoms with E-state index in [1.54, 1.807) is 0 Å². The first kappa shape index (κ1) is 13.1. The highest BCUT2D eigenvalue weighted by atomic mass is 15.3. The lowest BCUT2D eigenvalue weighted by molar-refractivity contribution is -0.0444. The maximum Gasteiger partial charge on any atom is 0.0234 e. The number of hydrogen-bond donors (Lipinski definition) is 1. The van der Waals surface area contributed by atoms with Gasteiger partial charge in [0.25, 0.3) is 0 Å². The summed E-state index contributed by atoms with van der Waals surface area (Å²) in [5.74, 6) is 0.636. The van der Waals surface area contributed by atoms with Crippen LogP contribution in [0.25, 0.3) is 0 Å². The van der Waals surface area contributed by atoms with E-state index in [1.807, 2.05) is 0 Å². The second kappa shape index (κ2) is 4.92. The molecule has 2 aliphatic heterocycles. The maximum absolute atomic E-state index is 3.40. The number of hydrogen-bond acceptors (Lipinski definition) is 2.